The lowest BCUT2D eigenvalue weighted by atomic mass is 9.98. The number of unbranched alkanes of at least 4 members (excludes halogenated alkanes) is 29. The van der Waals surface area contributed by atoms with Gasteiger partial charge in [-0.25, -0.2) is 0 Å². The molecular weight excluding hydrogens is 739 g/mol. The molecule has 346 valence electrons. The van der Waals surface area contributed by atoms with Gasteiger partial charge >= 0.3 is 0 Å². The minimum atomic E-state index is -1.66. The van der Waals surface area contributed by atoms with Crippen molar-refractivity contribution in [3.8, 4) is 0 Å². The van der Waals surface area contributed by atoms with E-state index in [1.807, 2.05) is 0 Å². The van der Waals surface area contributed by atoms with Gasteiger partial charge in [-0.3, -0.25) is 4.79 Å². The topological polar surface area (TPSA) is 189 Å². The lowest BCUT2D eigenvalue weighted by Crippen LogP contribution is -2.60. The Kier molecular flexibility index (Phi) is 36.0. The Morgan fingerprint density at radius 1 is 0.534 bits per heavy atom. The Balaban J connectivity index is 2.37. The molecule has 0 bridgehead atoms. The summed E-state index contributed by atoms with van der Waals surface area (Å²) in [7, 11) is 0. The Bertz CT molecular complexity index is 913. The smallest absolute Gasteiger partial charge is 0.249 e. The van der Waals surface area contributed by atoms with Crippen LogP contribution in [0.2, 0.25) is 0 Å². The third kappa shape index (κ3) is 27.1. The second-order valence-electron chi connectivity index (χ2n) is 17.5. The Labute approximate surface area is 354 Å². The zero-order chi connectivity index (χ0) is 42.6. The molecule has 1 aliphatic rings. The Morgan fingerprint density at radius 3 is 1.28 bits per heavy atom. The molecule has 11 heteroatoms. The molecule has 0 aromatic heterocycles. The van der Waals surface area contributed by atoms with Crippen LogP contribution in [0.3, 0.4) is 0 Å². The fraction of sp³-hybridized carbons (Fsp3) is 0.979. The average Bonchev–Trinajstić information content (AvgIpc) is 3.22. The van der Waals surface area contributed by atoms with E-state index in [0.29, 0.717) is 19.3 Å². The molecule has 1 aliphatic heterocycles. The number of carbonyl (C=O) groups excluding carboxylic acids is 1. The molecule has 0 aromatic rings. The highest BCUT2D eigenvalue weighted by atomic mass is 16.7. The monoisotopic (exact) mass is 832 g/mol. The van der Waals surface area contributed by atoms with Gasteiger partial charge < -0.3 is 50.5 Å². The highest BCUT2D eigenvalue weighted by Crippen LogP contribution is 2.23. The predicted molar refractivity (Wildman–Crippen MR) is 233 cm³/mol. The minimum absolute atomic E-state index is 0.266. The number of hydrogen-bond donors (Lipinski definition) is 8. The molecule has 0 aromatic carbocycles. The first-order valence-corrected chi connectivity index (χ1v) is 24.4. The largest absolute Gasteiger partial charge is 0.394 e. The molecule has 8 N–H and O–H groups in total. The summed E-state index contributed by atoms with van der Waals surface area (Å²) in [5.74, 6) is -0.693. The van der Waals surface area contributed by atoms with Crippen LogP contribution in [0.15, 0.2) is 0 Å². The van der Waals surface area contributed by atoms with E-state index in [-0.39, 0.29) is 6.42 Å². The summed E-state index contributed by atoms with van der Waals surface area (Å²) in [6.45, 7) is 3.44. The van der Waals surface area contributed by atoms with Crippen molar-refractivity contribution >= 4 is 5.91 Å². The summed E-state index contributed by atoms with van der Waals surface area (Å²) >= 11 is 0. The van der Waals surface area contributed by atoms with Crippen molar-refractivity contribution in [2.45, 2.75) is 281 Å². The first-order chi connectivity index (χ1) is 28.2. The molecule has 0 spiro atoms. The van der Waals surface area contributed by atoms with Crippen molar-refractivity contribution in [1.82, 2.24) is 5.32 Å². The molecule has 9 atom stereocenters. The quantitative estimate of drug-likeness (QED) is 0.0279. The number of ether oxygens (including phenoxy) is 2. The van der Waals surface area contributed by atoms with Crippen LogP contribution in [-0.4, -0.2) is 110 Å². The summed E-state index contributed by atoms with van der Waals surface area (Å²) in [6, 6.07) is -1.16. The van der Waals surface area contributed by atoms with Crippen molar-refractivity contribution in [2.24, 2.45) is 0 Å². The summed E-state index contributed by atoms with van der Waals surface area (Å²) in [5, 5.41) is 75.6. The van der Waals surface area contributed by atoms with Crippen molar-refractivity contribution in [1.29, 1.82) is 0 Å². The lowest BCUT2D eigenvalue weighted by Gasteiger charge is -2.40. The Morgan fingerprint density at radius 2 is 0.897 bits per heavy atom. The van der Waals surface area contributed by atoms with Gasteiger partial charge in [-0.05, 0) is 12.8 Å². The zero-order valence-corrected chi connectivity index (χ0v) is 37.3. The van der Waals surface area contributed by atoms with E-state index in [9.17, 15) is 40.5 Å². The van der Waals surface area contributed by atoms with Gasteiger partial charge in [0, 0.05) is 0 Å². The summed E-state index contributed by atoms with van der Waals surface area (Å²) in [5.41, 5.74) is 0. The van der Waals surface area contributed by atoms with Gasteiger partial charge in [0.15, 0.2) is 6.29 Å². The maximum Gasteiger partial charge on any atom is 0.249 e. The van der Waals surface area contributed by atoms with Crippen LogP contribution in [0.5, 0.6) is 0 Å². The molecule has 1 rings (SSSR count). The van der Waals surface area contributed by atoms with Crippen LogP contribution in [0.25, 0.3) is 0 Å². The molecule has 1 heterocycles. The minimum Gasteiger partial charge on any atom is -0.394 e. The normalized spacial score (nSPS) is 21.8. The first-order valence-electron chi connectivity index (χ1n) is 24.4. The van der Waals surface area contributed by atoms with Crippen LogP contribution >= 0.6 is 0 Å². The first kappa shape index (κ1) is 55.1. The van der Waals surface area contributed by atoms with E-state index in [1.165, 1.54) is 148 Å². The third-order valence-corrected chi connectivity index (χ3v) is 12.2. The average molecular weight is 832 g/mol. The fourth-order valence-corrected chi connectivity index (χ4v) is 8.09. The SMILES string of the molecule is CCCCCCCCCCCCCCCCCCCCCC[C@@H](O)C(=O)N[C@@H](CO[C@H]1O[C@@H](CO)[C@H](O)[C@H](O)[C@@H]1O)[C@H](O)[C@H](O)CCCCCCCCCCCCC. The Hall–Kier alpha value is -0.890. The van der Waals surface area contributed by atoms with Crippen molar-refractivity contribution < 1.29 is 50.0 Å². The van der Waals surface area contributed by atoms with Crippen LogP contribution in [0.1, 0.15) is 226 Å². The molecular formula is C47H93NO10. The van der Waals surface area contributed by atoms with E-state index >= 15 is 0 Å². The highest BCUT2D eigenvalue weighted by Gasteiger charge is 2.44. The molecule has 0 radical (unpaired) electrons. The third-order valence-electron chi connectivity index (χ3n) is 12.2. The number of amides is 1. The summed E-state index contributed by atoms with van der Waals surface area (Å²) in [6.07, 6.45) is 27.3. The number of hydrogen-bond acceptors (Lipinski definition) is 10. The number of carbonyl (C=O) groups is 1. The zero-order valence-electron chi connectivity index (χ0n) is 37.3. The summed E-state index contributed by atoms with van der Waals surface area (Å²) in [4.78, 5) is 13.1. The standard InChI is InChI=1S/C47H93NO10/c1-3-5-7-9-11-13-15-16-17-18-19-20-21-22-23-25-27-29-31-33-35-40(51)46(56)48-38(37-57-47-45(55)44(54)43(53)41(36-49)58-47)42(52)39(50)34-32-30-28-26-24-14-12-10-8-6-4-2/h38-45,47,49-55H,3-37H2,1-2H3,(H,48,56)/t38-,39+,40+,41-,42-,43-,44-,45-,47-/m0/s1. The molecule has 1 saturated heterocycles. The van der Waals surface area contributed by atoms with E-state index < -0.39 is 74.2 Å². The fourth-order valence-electron chi connectivity index (χ4n) is 8.09. The number of aliphatic hydroxyl groups excluding tert-OH is 7. The second kappa shape index (κ2) is 37.8. The molecule has 11 nitrogen and oxygen atoms in total. The molecule has 1 fully saturated rings. The summed E-state index contributed by atoms with van der Waals surface area (Å²) < 4.78 is 11.1. The van der Waals surface area contributed by atoms with Crippen LogP contribution in [0.4, 0.5) is 0 Å². The van der Waals surface area contributed by atoms with E-state index in [2.05, 4.69) is 19.2 Å². The maximum atomic E-state index is 13.1. The van der Waals surface area contributed by atoms with Gasteiger partial charge in [0.25, 0.3) is 0 Å². The predicted octanol–water partition coefficient (Wildman–Crippen LogP) is 8.28. The number of nitrogens with one attached hydrogen (secondary N) is 1. The van der Waals surface area contributed by atoms with Gasteiger partial charge in [0.2, 0.25) is 5.91 Å². The van der Waals surface area contributed by atoms with Gasteiger partial charge in [0.05, 0.1) is 25.4 Å². The highest BCUT2D eigenvalue weighted by molar-refractivity contribution is 5.80. The van der Waals surface area contributed by atoms with Crippen LogP contribution < -0.4 is 5.32 Å². The van der Waals surface area contributed by atoms with E-state index in [0.717, 1.165) is 38.5 Å². The lowest BCUT2D eigenvalue weighted by molar-refractivity contribution is -0.303. The van der Waals surface area contributed by atoms with Gasteiger partial charge in [-0.15, -0.1) is 0 Å². The van der Waals surface area contributed by atoms with Crippen molar-refractivity contribution in [3.05, 3.63) is 0 Å². The van der Waals surface area contributed by atoms with E-state index in [1.54, 1.807) is 0 Å². The van der Waals surface area contributed by atoms with Crippen molar-refractivity contribution in [2.75, 3.05) is 13.2 Å². The molecule has 58 heavy (non-hydrogen) atoms. The molecule has 1 amide bonds. The van der Waals surface area contributed by atoms with Gasteiger partial charge in [-0.1, -0.05) is 213 Å². The van der Waals surface area contributed by atoms with Gasteiger partial charge in [-0.2, -0.15) is 0 Å². The van der Waals surface area contributed by atoms with E-state index in [4.69, 9.17) is 9.47 Å². The van der Waals surface area contributed by atoms with Crippen molar-refractivity contribution in [3.63, 3.8) is 0 Å². The van der Waals surface area contributed by atoms with Crippen LogP contribution in [-0.2, 0) is 14.3 Å². The van der Waals surface area contributed by atoms with Crippen LogP contribution in [0, 0.1) is 0 Å². The molecule has 0 saturated carbocycles. The number of aliphatic hydroxyl groups is 7. The van der Waals surface area contributed by atoms with Gasteiger partial charge in [0.1, 0.15) is 36.6 Å². The second-order valence-corrected chi connectivity index (χ2v) is 17.5. The molecule has 0 aliphatic carbocycles. The number of rotatable bonds is 41. The molecule has 0 unspecified atom stereocenters. The maximum absolute atomic E-state index is 13.1.